The van der Waals surface area contributed by atoms with Gasteiger partial charge in [0.05, 0.1) is 39.9 Å². The van der Waals surface area contributed by atoms with Crippen LogP contribution in [0.15, 0.2) is 60.8 Å². The molecule has 3 N–H and O–H groups in total. The summed E-state index contributed by atoms with van der Waals surface area (Å²) in [6.45, 7) is 4.72. The van der Waals surface area contributed by atoms with Crippen LogP contribution in [0.3, 0.4) is 0 Å². The Kier molecular flexibility index (Phi) is 40.3. The van der Waals surface area contributed by atoms with E-state index in [9.17, 15) is 19.4 Å². The fourth-order valence-electron chi connectivity index (χ4n) is 6.56. The number of likely N-dealkylation sites (N-methyl/N-ethyl adjacent to an activating group) is 1. The van der Waals surface area contributed by atoms with Gasteiger partial charge in [-0.25, -0.2) is 4.57 Å². The largest absolute Gasteiger partial charge is 0.472 e. The van der Waals surface area contributed by atoms with E-state index in [4.69, 9.17) is 9.05 Å². The molecule has 3 unspecified atom stereocenters. The molecule has 0 bridgehead atoms. The van der Waals surface area contributed by atoms with E-state index in [2.05, 4.69) is 67.8 Å². The zero-order valence-electron chi connectivity index (χ0n) is 39.0. The fourth-order valence-corrected chi connectivity index (χ4v) is 7.30. The van der Waals surface area contributed by atoms with Crippen LogP contribution in [0, 0.1) is 0 Å². The van der Waals surface area contributed by atoms with Gasteiger partial charge in [0, 0.05) is 6.42 Å². The molecule has 0 rings (SSSR count). The molecule has 0 saturated heterocycles. The van der Waals surface area contributed by atoms with Crippen LogP contribution in [0.25, 0.3) is 0 Å². The van der Waals surface area contributed by atoms with Gasteiger partial charge in [0.15, 0.2) is 0 Å². The SMILES string of the molecule is CCCC/C=C/CC/C=C/CC/C=C/C(O)C(COP(=O)(O)OCC[N+](C)(C)C)NC(=O)CCCCCCCCCCCCCCC/C=C\C/C=C\CCCCCCC. The number of rotatable bonds is 43. The highest BCUT2D eigenvalue weighted by Crippen LogP contribution is 2.43. The predicted octanol–water partition coefficient (Wildman–Crippen LogP) is 13.8. The highest BCUT2D eigenvalue weighted by Gasteiger charge is 2.27. The first-order valence-electron chi connectivity index (χ1n) is 24.2. The van der Waals surface area contributed by atoms with Crippen molar-refractivity contribution in [3.05, 3.63) is 60.8 Å². The van der Waals surface area contributed by atoms with Crippen LogP contribution in [0.2, 0.25) is 0 Å². The number of phosphoric acid groups is 1. The number of aliphatic hydroxyl groups is 1. The van der Waals surface area contributed by atoms with Gasteiger partial charge in [-0.2, -0.15) is 0 Å². The summed E-state index contributed by atoms with van der Waals surface area (Å²) in [5.74, 6) is -0.195. The Hall–Kier alpha value is -1.80. The Balaban J connectivity index is 4.25. The Labute approximate surface area is 364 Å². The fraction of sp³-hybridized carbons (Fsp3) is 0.780. The minimum absolute atomic E-state index is 0.0516. The molecule has 0 aromatic carbocycles. The second-order valence-corrected chi connectivity index (χ2v) is 18.9. The number of carbonyl (C=O) groups excluding carboxylic acids is 1. The maximum absolute atomic E-state index is 12.9. The first-order valence-corrected chi connectivity index (χ1v) is 25.7. The van der Waals surface area contributed by atoms with Crippen LogP contribution < -0.4 is 5.32 Å². The van der Waals surface area contributed by atoms with Crippen LogP contribution in [0.1, 0.15) is 200 Å². The molecule has 0 aliphatic carbocycles. The number of quaternary nitrogens is 1. The van der Waals surface area contributed by atoms with Gasteiger partial charge in [0.1, 0.15) is 13.2 Å². The standard InChI is InChI=1S/C50H93N2O6P/c1-6-8-10-12-14-16-18-20-21-22-23-24-25-26-27-28-29-30-31-32-34-36-38-40-42-44-50(54)51-48(47-58-59(55,56)57-46-45-52(3,4)5)49(53)43-41-39-37-35-33-19-17-15-13-11-9-7-2/h13,15,18,20,22-23,33,35,41,43,48-49,53H,6-12,14,16-17,19,21,24-32,34,36-40,42,44-47H2,1-5H3,(H-,51,54,55,56)/p+1/b15-13+,20-18-,23-22-,35-33+,43-41+. The van der Waals surface area contributed by atoms with Gasteiger partial charge in [-0.1, -0.05) is 184 Å². The summed E-state index contributed by atoms with van der Waals surface area (Å²) in [6.07, 6.45) is 54.5. The third-order valence-electron chi connectivity index (χ3n) is 10.4. The van der Waals surface area contributed by atoms with Crippen LogP contribution in [-0.4, -0.2) is 73.4 Å². The zero-order valence-corrected chi connectivity index (χ0v) is 39.9. The Bertz CT molecular complexity index is 1140. The number of hydrogen-bond donors (Lipinski definition) is 3. The normalized spacial score (nSPS) is 14.8. The molecule has 1 amide bonds. The summed E-state index contributed by atoms with van der Waals surface area (Å²) in [7, 11) is 1.54. The van der Waals surface area contributed by atoms with Gasteiger partial charge in [0.25, 0.3) is 0 Å². The summed E-state index contributed by atoms with van der Waals surface area (Å²) in [6, 6.07) is -0.870. The molecule has 8 nitrogen and oxygen atoms in total. The maximum Gasteiger partial charge on any atom is 0.472 e. The lowest BCUT2D eigenvalue weighted by Crippen LogP contribution is -2.45. The van der Waals surface area contributed by atoms with Crippen LogP contribution in [0.5, 0.6) is 0 Å². The number of phosphoric ester groups is 1. The summed E-state index contributed by atoms with van der Waals surface area (Å²) in [5, 5.41) is 13.8. The van der Waals surface area contributed by atoms with Crippen molar-refractivity contribution in [2.24, 2.45) is 0 Å². The van der Waals surface area contributed by atoms with Crippen molar-refractivity contribution in [2.75, 3.05) is 40.9 Å². The molecule has 0 aliphatic heterocycles. The van der Waals surface area contributed by atoms with E-state index >= 15 is 0 Å². The van der Waals surface area contributed by atoms with E-state index < -0.39 is 20.0 Å². The summed E-state index contributed by atoms with van der Waals surface area (Å²) >= 11 is 0. The third kappa shape index (κ3) is 44.1. The maximum atomic E-state index is 12.9. The number of amides is 1. The van der Waals surface area contributed by atoms with Gasteiger partial charge < -0.3 is 19.8 Å². The average molecular weight is 850 g/mol. The summed E-state index contributed by atoms with van der Waals surface area (Å²) < 4.78 is 23.5. The quantitative estimate of drug-likeness (QED) is 0.0244. The van der Waals surface area contributed by atoms with E-state index in [1.165, 1.54) is 122 Å². The summed E-state index contributed by atoms with van der Waals surface area (Å²) in [5.41, 5.74) is 0. The molecule has 0 aliphatic rings. The van der Waals surface area contributed by atoms with E-state index in [1.54, 1.807) is 6.08 Å². The zero-order chi connectivity index (χ0) is 43.6. The highest BCUT2D eigenvalue weighted by molar-refractivity contribution is 7.47. The van der Waals surface area contributed by atoms with Crippen molar-refractivity contribution in [2.45, 2.75) is 212 Å². The third-order valence-corrected chi connectivity index (χ3v) is 11.4. The average Bonchev–Trinajstić information content (AvgIpc) is 3.19. The van der Waals surface area contributed by atoms with E-state index in [-0.39, 0.29) is 19.1 Å². The molecule has 0 aromatic rings. The molecule has 0 radical (unpaired) electrons. The molecule has 0 heterocycles. The minimum atomic E-state index is -4.35. The van der Waals surface area contributed by atoms with Crippen molar-refractivity contribution in [1.29, 1.82) is 0 Å². The van der Waals surface area contributed by atoms with Crippen molar-refractivity contribution < 1.29 is 32.9 Å². The van der Waals surface area contributed by atoms with Crippen molar-refractivity contribution in [3.8, 4) is 0 Å². The van der Waals surface area contributed by atoms with Crippen molar-refractivity contribution >= 4 is 13.7 Å². The molecule has 344 valence electrons. The number of hydrogen-bond acceptors (Lipinski definition) is 5. The summed E-state index contributed by atoms with van der Waals surface area (Å²) in [4.78, 5) is 23.1. The number of allylic oxidation sites excluding steroid dienone is 9. The Morgan fingerprint density at radius 3 is 1.51 bits per heavy atom. The van der Waals surface area contributed by atoms with Crippen LogP contribution in [-0.2, 0) is 18.4 Å². The second-order valence-electron chi connectivity index (χ2n) is 17.5. The Morgan fingerprint density at radius 1 is 0.576 bits per heavy atom. The lowest BCUT2D eigenvalue weighted by atomic mass is 10.0. The molecule has 59 heavy (non-hydrogen) atoms. The van der Waals surface area contributed by atoms with Gasteiger partial charge in [-0.15, -0.1) is 0 Å². The van der Waals surface area contributed by atoms with Crippen molar-refractivity contribution in [1.82, 2.24) is 5.32 Å². The predicted molar refractivity (Wildman–Crippen MR) is 254 cm³/mol. The van der Waals surface area contributed by atoms with E-state index in [0.29, 0.717) is 17.4 Å². The molecule has 0 saturated carbocycles. The van der Waals surface area contributed by atoms with Gasteiger partial charge in [-0.3, -0.25) is 13.8 Å². The number of unbranched alkanes of at least 4 members (excludes halogenated alkanes) is 22. The monoisotopic (exact) mass is 850 g/mol. The lowest BCUT2D eigenvalue weighted by Gasteiger charge is -2.25. The number of aliphatic hydroxyl groups excluding tert-OH is 1. The number of carbonyl (C=O) groups is 1. The molecule has 0 spiro atoms. The minimum Gasteiger partial charge on any atom is -0.387 e. The van der Waals surface area contributed by atoms with Crippen LogP contribution >= 0.6 is 7.82 Å². The molecular weight excluding hydrogens is 756 g/mol. The molecule has 9 heteroatoms. The lowest BCUT2D eigenvalue weighted by molar-refractivity contribution is -0.870. The van der Waals surface area contributed by atoms with Gasteiger partial charge in [0.2, 0.25) is 5.91 Å². The van der Waals surface area contributed by atoms with Crippen LogP contribution in [0.4, 0.5) is 0 Å². The molecule has 0 fully saturated rings. The topological polar surface area (TPSA) is 105 Å². The number of nitrogens with one attached hydrogen (secondary N) is 1. The smallest absolute Gasteiger partial charge is 0.387 e. The number of nitrogens with zero attached hydrogens (tertiary/aromatic N) is 1. The molecular formula is C50H94N2O6P+. The van der Waals surface area contributed by atoms with Crippen molar-refractivity contribution in [3.63, 3.8) is 0 Å². The molecule has 0 aromatic heterocycles. The Morgan fingerprint density at radius 2 is 1.00 bits per heavy atom. The first kappa shape index (κ1) is 57.2. The molecule has 3 atom stereocenters. The first-order chi connectivity index (χ1) is 28.5. The highest BCUT2D eigenvalue weighted by atomic mass is 31.2. The van der Waals surface area contributed by atoms with Gasteiger partial charge in [-0.05, 0) is 70.6 Å². The van der Waals surface area contributed by atoms with E-state index in [0.717, 1.165) is 57.8 Å². The van der Waals surface area contributed by atoms with Gasteiger partial charge >= 0.3 is 7.82 Å². The second kappa shape index (κ2) is 41.5. The van der Waals surface area contributed by atoms with E-state index in [1.807, 2.05) is 27.2 Å².